The first-order valence-corrected chi connectivity index (χ1v) is 15.6. The highest BCUT2D eigenvalue weighted by atomic mass is 32.2. The first-order chi connectivity index (χ1) is 14.5. The van der Waals surface area contributed by atoms with Gasteiger partial charge in [0.1, 0.15) is 0 Å². The van der Waals surface area contributed by atoms with Gasteiger partial charge in [0.2, 0.25) is 9.84 Å². The predicted octanol–water partition coefficient (Wildman–Crippen LogP) is 4.83. The summed E-state index contributed by atoms with van der Waals surface area (Å²) in [6.07, 6.45) is 5.34. The van der Waals surface area contributed by atoms with Gasteiger partial charge in [-0.3, -0.25) is 0 Å². The number of esters is 2. The Morgan fingerprint density at radius 3 is 1.81 bits per heavy atom. The monoisotopic (exact) mass is 466 g/mol. The third-order valence-electron chi connectivity index (χ3n) is 4.41. The van der Waals surface area contributed by atoms with E-state index in [4.69, 9.17) is 9.47 Å². The molecule has 1 aromatic carbocycles. The minimum absolute atomic E-state index is 0.0473. The summed E-state index contributed by atoms with van der Waals surface area (Å²) in [5.74, 6) is -1.36. The van der Waals surface area contributed by atoms with E-state index in [-0.39, 0.29) is 23.0 Å². The van der Waals surface area contributed by atoms with Crippen LogP contribution in [-0.2, 0) is 28.9 Å². The summed E-state index contributed by atoms with van der Waals surface area (Å²) in [5, 5.41) is 0.324. The molecule has 0 radical (unpaired) electrons. The van der Waals surface area contributed by atoms with Gasteiger partial charge < -0.3 is 9.47 Å². The fraction of sp³-hybridized carbons (Fsp3) is 0.478. The molecule has 6 nitrogen and oxygen atoms in total. The summed E-state index contributed by atoms with van der Waals surface area (Å²) in [6, 6.07) is 7.86. The largest absolute Gasteiger partial charge is 0.463 e. The van der Waals surface area contributed by atoms with Crippen LogP contribution in [0.3, 0.4) is 0 Å². The smallest absolute Gasteiger partial charge is 0.332 e. The van der Waals surface area contributed by atoms with Gasteiger partial charge in [-0.25, -0.2) is 18.0 Å². The number of benzene rings is 1. The maximum Gasteiger partial charge on any atom is 0.332 e. The molecule has 1 aromatic rings. The van der Waals surface area contributed by atoms with Gasteiger partial charge in [-0.1, -0.05) is 64.5 Å². The van der Waals surface area contributed by atoms with Crippen LogP contribution in [0.1, 0.15) is 39.5 Å². The quantitative estimate of drug-likeness (QED) is 0.144. The molecule has 0 heterocycles. The fourth-order valence-electron chi connectivity index (χ4n) is 2.63. The highest BCUT2D eigenvalue weighted by Crippen LogP contribution is 2.31. The molecule has 0 aliphatic carbocycles. The average molecular weight is 467 g/mol. The minimum Gasteiger partial charge on any atom is -0.463 e. The van der Waals surface area contributed by atoms with Gasteiger partial charge in [0.05, 0.1) is 31.1 Å². The standard InChI is InChI=1S/C23H34O6SSi/c1-6-8-15-28-22(24)17-20(30(26,27)19-13-11-10-12-14-19)21(31(3,4)5)18-23(25)29-16-9-7-2/h10-14,17-18H,6-9,15-16H2,1-5H3/b20-17-,21-18+. The molecule has 31 heavy (non-hydrogen) atoms. The molecule has 0 saturated heterocycles. The minimum atomic E-state index is -4.06. The van der Waals surface area contributed by atoms with Crippen LogP contribution in [0, 0.1) is 0 Å². The van der Waals surface area contributed by atoms with E-state index in [9.17, 15) is 18.0 Å². The van der Waals surface area contributed by atoms with E-state index in [1.807, 2.05) is 33.5 Å². The maximum atomic E-state index is 13.5. The Kier molecular flexibility index (Phi) is 10.9. The first-order valence-electron chi connectivity index (χ1n) is 10.6. The molecule has 0 fully saturated rings. The summed E-state index contributed by atoms with van der Waals surface area (Å²) in [5.41, 5.74) is 0. The Morgan fingerprint density at radius 1 is 0.871 bits per heavy atom. The van der Waals surface area contributed by atoms with Crippen LogP contribution in [-0.4, -0.2) is 41.6 Å². The molecule has 0 unspecified atom stereocenters. The van der Waals surface area contributed by atoms with Crippen molar-refractivity contribution < 1.29 is 27.5 Å². The maximum absolute atomic E-state index is 13.5. The molecule has 1 rings (SSSR count). The topological polar surface area (TPSA) is 86.7 Å². The van der Waals surface area contributed by atoms with E-state index in [0.717, 1.165) is 25.3 Å². The van der Waals surface area contributed by atoms with Crippen molar-refractivity contribution >= 4 is 29.8 Å². The first kappa shape index (κ1) is 26.8. The van der Waals surface area contributed by atoms with Crippen LogP contribution in [0.15, 0.2) is 57.5 Å². The molecule has 0 atom stereocenters. The van der Waals surface area contributed by atoms with Gasteiger partial charge >= 0.3 is 11.9 Å². The van der Waals surface area contributed by atoms with Crippen molar-refractivity contribution in [2.45, 2.75) is 64.1 Å². The third kappa shape index (κ3) is 8.83. The fourth-order valence-corrected chi connectivity index (χ4v) is 6.68. The van der Waals surface area contributed by atoms with Crippen LogP contribution in [0.5, 0.6) is 0 Å². The number of carbonyl (C=O) groups is 2. The second kappa shape index (κ2) is 12.6. The molecular weight excluding hydrogens is 432 g/mol. The van der Waals surface area contributed by atoms with E-state index in [1.165, 1.54) is 18.2 Å². The zero-order chi connectivity index (χ0) is 23.5. The summed E-state index contributed by atoms with van der Waals surface area (Å²) >= 11 is 0. The van der Waals surface area contributed by atoms with Gasteiger partial charge in [0.25, 0.3) is 0 Å². The molecule has 0 saturated carbocycles. The van der Waals surface area contributed by atoms with Crippen LogP contribution < -0.4 is 0 Å². The molecule has 0 aliphatic heterocycles. The average Bonchev–Trinajstić information content (AvgIpc) is 2.70. The molecule has 8 heteroatoms. The number of hydrogen-bond donors (Lipinski definition) is 0. The summed E-state index contributed by atoms with van der Waals surface area (Å²) in [7, 11) is -6.46. The number of hydrogen-bond acceptors (Lipinski definition) is 6. The predicted molar refractivity (Wildman–Crippen MR) is 125 cm³/mol. The third-order valence-corrected chi connectivity index (χ3v) is 8.43. The Labute approximate surface area is 187 Å². The van der Waals surface area contributed by atoms with Gasteiger partial charge in [-0.05, 0) is 30.2 Å². The zero-order valence-electron chi connectivity index (χ0n) is 19.1. The summed E-state index contributed by atoms with van der Waals surface area (Å²) in [6.45, 7) is 10.1. The number of ether oxygens (including phenoxy) is 2. The Morgan fingerprint density at radius 2 is 1.35 bits per heavy atom. The van der Waals surface area contributed by atoms with Gasteiger partial charge in [0, 0.05) is 12.2 Å². The second-order valence-electron chi connectivity index (χ2n) is 8.18. The van der Waals surface area contributed by atoms with Crippen molar-refractivity contribution in [3.63, 3.8) is 0 Å². The van der Waals surface area contributed by atoms with Gasteiger partial charge in [0.15, 0.2) is 0 Å². The normalized spacial score (nSPS) is 13.1. The summed E-state index contributed by atoms with van der Waals surface area (Å²) in [4.78, 5) is 24.7. The van der Waals surface area contributed by atoms with Gasteiger partial charge in [-0.15, -0.1) is 0 Å². The van der Waals surface area contributed by atoms with Crippen molar-refractivity contribution in [1.29, 1.82) is 0 Å². The Balaban J connectivity index is 3.53. The van der Waals surface area contributed by atoms with E-state index in [0.29, 0.717) is 11.6 Å². The Bertz CT molecular complexity index is 896. The summed E-state index contributed by atoms with van der Waals surface area (Å²) < 4.78 is 37.4. The number of sulfone groups is 1. The molecule has 0 aliphatic rings. The molecule has 172 valence electrons. The van der Waals surface area contributed by atoms with E-state index >= 15 is 0 Å². The van der Waals surface area contributed by atoms with Crippen LogP contribution in [0.25, 0.3) is 0 Å². The Hall–Kier alpha value is -2.19. The van der Waals surface area contributed by atoms with E-state index in [1.54, 1.807) is 18.2 Å². The molecule has 0 spiro atoms. The number of allylic oxidation sites excluding steroid dienone is 1. The van der Waals surface area contributed by atoms with E-state index in [2.05, 4.69) is 0 Å². The number of rotatable bonds is 12. The lowest BCUT2D eigenvalue weighted by Crippen LogP contribution is -2.30. The van der Waals surface area contributed by atoms with Crippen LogP contribution >= 0.6 is 0 Å². The van der Waals surface area contributed by atoms with Crippen molar-refractivity contribution in [2.75, 3.05) is 13.2 Å². The van der Waals surface area contributed by atoms with Crippen molar-refractivity contribution in [2.24, 2.45) is 0 Å². The number of carbonyl (C=O) groups excluding carboxylic acids is 2. The van der Waals surface area contributed by atoms with Crippen LogP contribution in [0.4, 0.5) is 0 Å². The molecule has 0 aromatic heterocycles. The lowest BCUT2D eigenvalue weighted by molar-refractivity contribution is -0.138. The SMILES string of the molecule is CCCCOC(=O)/C=C(/C(=C\C(=O)OCCCC)[Si](C)(C)C)S(=O)(=O)c1ccccc1. The number of unbranched alkanes of at least 4 members (excludes halogenated alkanes) is 2. The highest BCUT2D eigenvalue weighted by molar-refractivity contribution is 7.95. The highest BCUT2D eigenvalue weighted by Gasteiger charge is 2.33. The molecule has 0 amide bonds. The molecule has 0 bridgehead atoms. The van der Waals surface area contributed by atoms with E-state index < -0.39 is 29.8 Å². The molecular formula is C23H34O6SSi. The zero-order valence-corrected chi connectivity index (χ0v) is 21.0. The van der Waals surface area contributed by atoms with Crippen LogP contribution in [0.2, 0.25) is 19.6 Å². The second-order valence-corrected chi connectivity index (χ2v) is 15.1. The van der Waals surface area contributed by atoms with Crippen molar-refractivity contribution in [3.05, 3.63) is 52.6 Å². The van der Waals surface area contributed by atoms with Crippen molar-refractivity contribution in [3.8, 4) is 0 Å². The molecule has 0 N–H and O–H groups in total. The van der Waals surface area contributed by atoms with Gasteiger partial charge in [-0.2, -0.15) is 0 Å². The lowest BCUT2D eigenvalue weighted by atomic mass is 10.3. The van der Waals surface area contributed by atoms with Crippen molar-refractivity contribution in [1.82, 2.24) is 0 Å². The lowest BCUT2D eigenvalue weighted by Gasteiger charge is -2.23.